The van der Waals surface area contributed by atoms with Crippen molar-refractivity contribution in [3.63, 3.8) is 0 Å². The molecule has 0 saturated carbocycles. The van der Waals surface area contributed by atoms with Gasteiger partial charge in [-0.2, -0.15) is 0 Å². The van der Waals surface area contributed by atoms with Crippen LogP contribution in [0.15, 0.2) is 12.2 Å². The molecular weight excluding hydrogens is 148 g/mol. The number of ketones is 1. The quantitative estimate of drug-likeness (QED) is 0.439. The average Bonchev–Trinajstić information content (AvgIpc) is 1.95. The predicted molar refractivity (Wildman–Crippen MR) is 53.1 cm³/mol. The maximum atomic E-state index is 10.6. The fourth-order valence-corrected chi connectivity index (χ4v) is 1.00. The second-order valence-corrected chi connectivity index (χ2v) is 3.62. The van der Waals surface area contributed by atoms with Crippen LogP contribution in [0, 0.1) is 5.92 Å². The lowest BCUT2D eigenvalue weighted by Crippen LogP contribution is -1.88. The lowest BCUT2D eigenvalue weighted by atomic mass is 10.1. The van der Waals surface area contributed by atoms with Crippen LogP contribution in [0.1, 0.15) is 46.5 Å². The number of hydrogen-bond donors (Lipinski definition) is 0. The van der Waals surface area contributed by atoms with Crippen molar-refractivity contribution in [3.05, 3.63) is 12.2 Å². The Hall–Kier alpha value is -0.590. The second kappa shape index (κ2) is 7.08. The van der Waals surface area contributed by atoms with Gasteiger partial charge in [-0.1, -0.05) is 26.0 Å². The summed E-state index contributed by atoms with van der Waals surface area (Å²) >= 11 is 0. The number of carbonyl (C=O) groups is 1. The summed E-state index contributed by atoms with van der Waals surface area (Å²) < 4.78 is 0. The van der Waals surface area contributed by atoms with Gasteiger partial charge in [-0.3, -0.25) is 0 Å². The summed E-state index contributed by atoms with van der Waals surface area (Å²) in [5.41, 5.74) is 0. The van der Waals surface area contributed by atoms with Crippen LogP contribution in [0.2, 0.25) is 0 Å². The summed E-state index contributed by atoms with van der Waals surface area (Å²) in [7, 11) is 0. The van der Waals surface area contributed by atoms with E-state index >= 15 is 0 Å². The largest absolute Gasteiger partial charge is 0.300 e. The van der Waals surface area contributed by atoms with Gasteiger partial charge in [0.25, 0.3) is 0 Å². The number of unbranched alkanes of at least 4 members (excludes halogenated alkanes) is 2. The Morgan fingerprint density at radius 3 is 2.50 bits per heavy atom. The Bertz CT molecular complexity index is 145. The fourth-order valence-electron chi connectivity index (χ4n) is 1.00. The van der Waals surface area contributed by atoms with Crippen LogP contribution >= 0.6 is 0 Å². The van der Waals surface area contributed by atoms with Gasteiger partial charge >= 0.3 is 0 Å². The van der Waals surface area contributed by atoms with E-state index in [1.54, 1.807) is 6.92 Å². The van der Waals surface area contributed by atoms with Crippen molar-refractivity contribution < 1.29 is 4.79 Å². The van der Waals surface area contributed by atoms with Gasteiger partial charge < -0.3 is 4.79 Å². The Morgan fingerprint density at radius 2 is 2.00 bits per heavy atom. The number of Topliss-reactive ketones (excluding diaryl/α,β-unsaturated/α-hetero) is 1. The topological polar surface area (TPSA) is 17.1 Å². The highest BCUT2D eigenvalue weighted by molar-refractivity contribution is 5.75. The van der Waals surface area contributed by atoms with E-state index < -0.39 is 0 Å². The fraction of sp³-hybridized carbons (Fsp3) is 0.727. The van der Waals surface area contributed by atoms with Crippen molar-refractivity contribution in [2.75, 3.05) is 0 Å². The van der Waals surface area contributed by atoms with Crippen molar-refractivity contribution in [1.29, 1.82) is 0 Å². The van der Waals surface area contributed by atoms with Crippen molar-refractivity contribution in [3.8, 4) is 0 Å². The minimum atomic E-state index is 0.308. The normalized spacial score (nSPS) is 11.3. The van der Waals surface area contributed by atoms with Crippen molar-refractivity contribution in [1.82, 2.24) is 0 Å². The van der Waals surface area contributed by atoms with Crippen LogP contribution in [0.4, 0.5) is 0 Å². The molecule has 0 saturated heterocycles. The van der Waals surface area contributed by atoms with E-state index in [2.05, 4.69) is 26.0 Å². The molecule has 12 heavy (non-hydrogen) atoms. The molecule has 0 atom stereocenters. The molecule has 0 N–H and O–H groups in total. The number of carbonyl (C=O) groups excluding carboxylic acids is 1. The minimum Gasteiger partial charge on any atom is -0.300 e. The summed E-state index contributed by atoms with van der Waals surface area (Å²) in [6, 6.07) is 0. The lowest BCUT2D eigenvalue weighted by Gasteiger charge is -1.95. The third kappa shape index (κ3) is 9.41. The maximum absolute atomic E-state index is 10.6. The van der Waals surface area contributed by atoms with Gasteiger partial charge in [0.15, 0.2) is 0 Å². The Morgan fingerprint density at radius 1 is 1.33 bits per heavy atom. The van der Waals surface area contributed by atoms with E-state index in [4.69, 9.17) is 0 Å². The first-order valence-electron chi connectivity index (χ1n) is 4.79. The van der Waals surface area contributed by atoms with E-state index in [1.807, 2.05) is 0 Å². The first-order chi connectivity index (χ1) is 5.63. The summed E-state index contributed by atoms with van der Waals surface area (Å²) in [5.74, 6) is 0.959. The van der Waals surface area contributed by atoms with E-state index in [1.165, 1.54) is 0 Å². The standard InChI is InChI=1S/C11H20O/c1-10(2)8-6-4-5-7-9-11(3)12/h6,8,10H,4-5,7,9H2,1-3H3. The smallest absolute Gasteiger partial charge is 0.129 e. The van der Waals surface area contributed by atoms with Crippen LogP contribution in [0.3, 0.4) is 0 Å². The Balaban J connectivity index is 3.16. The van der Waals surface area contributed by atoms with Crippen LogP contribution in [0.25, 0.3) is 0 Å². The number of hydrogen-bond acceptors (Lipinski definition) is 1. The van der Waals surface area contributed by atoms with E-state index in [-0.39, 0.29) is 0 Å². The minimum absolute atomic E-state index is 0.308. The molecule has 0 aliphatic rings. The average molecular weight is 168 g/mol. The zero-order chi connectivity index (χ0) is 9.40. The summed E-state index contributed by atoms with van der Waals surface area (Å²) in [6.07, 6.45) is 8.47. The molecule has 0 amide bonds. The predicted octanol–water partition coefficient (Wildman–Crippen LogP) is 3.35. The molecule has 0 aromatic rings. The first-order valence-corrected chi connectivity index (χ1v) is 4.79. The summed E-state index contributed by atoms with van der Waals surface area (Å²) in [4.78, 5) is 10.6. The lowest BCUT2D eigenvalue weighted by molar-refractivity contribution is -0.117. The molecule has 0 radical (unpaired) electrons. The van der Waals surface area contributed by atoms with Gasteiger partial charge in [0, 0.05) is 6.42 Å². The third-order valence-corrected chi connectivity index (χ3v) is 1.67. The molecule has 0 aromatic heterocycles. The zero-order valence-corrected chi connectivity index (χ0v) is 8.47. The molecule has 1 heteroatoms. The van der Waals surface area contributed by atoms with Crippen molar-refractivity contribution in [2.24, 2.45) is 5.92 Å². The highest BCUT2D eigenvalue weighted by Gasteiger charge is 1.91. The van der Waals surface area contributed by atoms with Crippen LogP contribution in [-0.2, 0) is 4.79 Å². The van der Waals surface area contributed by atoms with Gasteiger partial charge in [0.2, 0.25) is 0 Å². The molecular formula is C11H20O. The highest BCUT2D eigenvalue weighted by Crippen LogP contribution is 2.03. The maximum Gasteiger partial charge on any atom is 0.129 e. The molecule has 0 spiro atoms. The molecule has 0 heterocycles. The molecule has 0 bridgehead atoms. The van der Waals surface area contributed by atoms with Crippen LogP contribution in [0.5, 0.6) is 0 Å². The van der Waals surface area contributed by atoms with Gasteiger partial charge in [-0.25, -0.2) is 0 Å². The van der Waals surface area contributed by atoms with Crippen molar-refractivity contribution in [2.45, 2.75) is 46.5 Å². The molecule has 70 valence electrons. The van der Waals surface area contributed by atoms with E-state index in [0.29, 0.717) is 11.7 Å². The molecule has 0 rings (SSSR count). The van der Waals surface area contributed by atoms with E-state index in [9.17, 15) is 4.79 Å². The molecule has 0 aliphatic carbocycles. The first kappa shape index (κ1) is 11.4. The number of allylic oxidation sites excluding steroid dienone is 2. The van der Waals surface area contributed by atoms with Gasteiger partial charge in [0.1, 0.15) is 5.78 Å². The monoisotopic (exact) mass is 168 g/mol. The van der Waals surface area contributed by atoms with Gasteiger partial charge in [0.05, 0.1) is 0 Å². The second-order valence-electron chi connectivity index (χ2n) is 3.62. The zero-order valence-electron chi connectivity index (χ0n) is 8.47. The van der Waals surface area contributed by atoms with Crippen molar-refractivity contribution >= 4 is 5.78 Å². The van der Waals surface area contributed by atoms with Gasteiger partial charge in [-0.05, 0) is 32.1 Å². The summed E-state index contributed by atoms with van der Waals surface area (Å²) in [5, 5.41) is 0. The number of rotatable bonds is 6. The molecule has 0 unspecified atom stereocenters. The molecule has 0 aliphatic heterocycles. The molecule has 1 nitrogen and oxygen atoms in total. The Labute approximate surface area is 75.9 Å². The highest BCUT2D eigenvalue weighted by atomic mass is 16.1. The van der Waals surface area contributed by atoms with Crippen LogP contribution < -0.4 is 0 Å². The van der Waals surface area contributed by atoms with Crippen LogP contribution in [-0.4, -0.2) is 5.78 Å². The van der Waals surface area contributed by atoms with E-state index in [0.717, 1.165) is 25.7 Å². The third-order valence-electron chi connectivity index (χ3n) is 1.67. The SMILES string of the molecule is CC(=O)CCCCC=CC(C)C. The molecule has 0 fully saturated rings. The summed E-state index contributed by atoms with van der Waals surface area (Å²) in [6.45, 7) is 6.00. The van der Waals surface area contributed by atoms with Gasteiger partial charge in [-0.15, -0.1) is 0 Å². The molecule has 0 aromatic carbocycles. The Kier molecular flexibility index (Phi) is 6.73.